The van der Waals surface area contributed by atoms with Crippen LogP contribution >= 0.6 is 11.6 Å². The Morgan fingerprint density at radius 2 is 1.89 bits per heavy atom. The van der Waals surface area contributed by atoms with Crippen molar-refractivity contribution in [2.75, 3.05) is 20.8 Å². The summed E-state index contributed by atoms with van der Waals surface area (Å²) in [6.07, 6.45) is 0. The molecule has 0 heterocycles. The summed E-state index contributed by atoms with van der Waals surface area (Å²) in [7, 11) is 3.60. The molecule has 3 nitrogen and oxygen atoms in total. The second kappa shape index (κ2) is 6.88. The summed E-state index contributed by atoms with van der Waals surface area (Å²) in [4.78, 5) is 14.3. The maximum Gasteiger partial charge on any atom is 0.179 e. The molecule has 0 bridgehead atoms. The topological polar surface area (TPSA) is 29.5 Å². The van der Waals surface area contributed by atoms with E-state index in [1.807, 2.05) is 25.8 Å². The van der Waals surface area contributed by atoms with Gasteiger partial charge in [-0.15, -0.1) is 0 Å². The predicted octanol–water partition coefficient (Wildman–Crippen LogP) is 2.88. The fourth-order valence-corrected chi connectivity index (χ4v) is 1.91. The molecule has 1 rings (SSSR count). The molecule has 1 aromatic carbocycles. The van der Waals surface area contributed by atoms with E-state index in [2.05, 4.69) is 0 Å². The molecule has 18 heavy (non-hydrogen) atoms. The molecule has 0 aromatic heterocycles. The zero-order valence-corrected chi connectivity index (χ0v) is 12.1. The number of hydrogen-bond acceptors (Lipinski definition) is 3. The molecule has 0 aliphatic carbocycles. The van der Waals surface area contributed by atoms with Crippen LogP contribution in [0.1, 0.15) is 24.2 Å². The van der Waals surface area contributed by atoms with Gasteiger partial charge >= 0.3 is 0 Å². The van der Waals surface area contributed by atoms with E-state index in [1.165, 1.54) is 0 Å². The first-order chi connectivity index (χ1) is 8.47. The number of carbonyl (C=O) groups is 1. The van der Waals surface area contributed by atoms with Crippen molar-refractivity contribution in [1.29, 1.82) is 0 Å². The molecule has 0 fully saturated rings. The van der Waals surface area contributed by atoms with E-state index in [4.69, 9.17) is 16.3 Å². The van der Waals surface area contributed by atoms with Crippen molar-refractivity contribution in [1.82, 2.24) is 4.90 Å². The minimum atomic E-state index is -0.184. The Balaban J connectivity index is 2.74. The van der Waals surface area contributed by atoms with E-state index in [9.17, 15) is 4.79 Å². The predicted molar refractivity (Wildman–Crippen MR) is 74.3 cm³/mol. The Labute approximate surface area is 114 Å². The van der Waals surface area contributed by atoms with Gasteiger partial charge in [0.2, 0.25) is 0 Å². The third kappa shape index (κ3) is 3.80. The fourth-order valence-electron chi connectivity index (χ4n) is 1.78. The number of ether oxygens (including phenoxy) is 1. The van der Waals surface area contributed by atoms with Gasteiger partial charge in [0.1, 0.15) is 0 Å². The lowest BCUT2D eigenvalue weighted by atomic mass is 10.0. The van der Waals surface area contributed by atoms with Gasteiger partial charge in [0.15, 0.2) is 5.78 Å². The molecule has 0 saturated heterocycles. The van der Waals surface area contributed by atoms with E-state index in [1.54, 1.807) is 31.4 Å². The number of methoxy groups -OCH3 is 1. The summed E-state index contributed by atoms with van der Waals surface area (Å²) < 4.78 is 5.11. The lowest BCUT2D eigenvalue weighted by Crippen LogP contribution is -2.43. The van der Waals surface area contributed by atoms with Crippen LogP contribution in [0, 0.1) is 0 Å². The Kier molecular flexibility index (Phi) is 5.79. The highest BCUT2D eigenvalue weighted by Crippen LogP contribution is 2.14. The second-order valence-corrected chi connectivity index (χ2v) is 4.95. The lowest BCUT2D eigenvalue weighted by Gasteiger charge is -2.29. The zero-order chi connectivity index (χ0) is 13.7. The van der Waals surface area contributed by atoms with Gasteiger partial charge in [0.25, 0.3) is 0 Å². The average molecular weight is 270 g/mol. The van der Waals surface area contributed by atoms with E-state index in [0.717, 1.165) is 0 Å². The highest BCUT2D eigenvalue weighted by atomic mass is 35.5. The largest absolute Gasteiger partial charge is 0.383 e. The summed E-state index contributed by atoms with van der Waals surface area (Å²) in [6, 6.07) is 7.00. The van der Waals surface area contributed by atoms with Crippen molar-refractivity contribution in [3.63, 3.8) is 0 Å². The molecular formula is C14H20ClNO2. The molecule has 0 spiro atoms. The van der Waals surface area contributed by atoms with Crippen LogP contribution in [0.25, 0.3) is 0 Å². The molecule has 1 aromatic rings. The highest BCUT2D eigenvalue weighted by molar-refractivity contribution is 6.30. The number of likely N-dealkylation sites (N-methyl/N-ethyl adjacent to an activating group) is 1. The normalized spacial score (nSPS) is 14.6. The van der Waals surface area contributed by atoms with Crippen molar-refractivity contribution in [2.45, 2.75) is 25.9 Å². The molecule has 100 valence electrons. The van der Waals surface area contributed by atoms with Gasteiger partial charge in [-0.1, -0.05) is 11.6 Å². The molecular weight excluding hydrogens is 250 g/mol. The fraction of sp³-hybridized carbons (Fsp3) is 0.500. The zero-order valence-electron chi connectivity index (χ0n) is 11.3. The van der Waals surface area contributed by atoms with Crippen molar-refractivity contribution in [3.8, 4) is 0 Å². The Bertz CT molecular complexity index is 391. The monoisotopic (exact) mass is 269 g/mol. The quantitative estimate of drug-likeness (QED) is 0.744. The molecule has 0 aliphatic heterocycles. The van der Waals surface area contributed by atoms with Crippen molar-refractivity contribution < 1.29 is 9.53 Å². The van der Waals surface area contributed by atoms with Crippen molar-refractivity contribution in [3.05, 3.63) is 34.9 Å². The van der Waals surface area contributed by atoms with Gasteiger partial charge in [-0.2, -0.15) is 0 Å². The van der Waals surface area contributed by atoms with Gasteiger partial charge in [-0.3, -0.25) is 9.69 Å². The third-order valence-electron chi connectivity index (χ3n) is 3.22. The van der Waals surface area contributed by atoms with Crippen LogP contribution in [0.5, 0.6) is 0 Å². The maximum absolute atomic E-state index is 12.3. The minimum absolute atomic E-state index is 0.0946. The standard InChI is InChI=1S/C14H20ClNO2/c1-10(9-18-4)16(3)11(2)14(17)12-5-7-13(15)8-6-12/h5-8,10-11H,9H2,1-4H3. The van der Waals surface area contributed by atoms with E-state index >= 15 is 0 Å². The first-order valence-electron chi connectivity index (χ1n) is 5.98. The Hall–Kier alpha value is -0.900. The van der Waals surface area contributed by atoms with Crippen LogP contribution < -0.4 is 0 Å². The molecule has 0 amide bonds. The van der Waals surface area contributed by atoms with Gasteiger partial charge in [0, 0.05) is 23.7 Å². The summed E-state index contributed by atoms with van der Waals surface area (Å²) >= 11 is 5.81. The Morgan fingerprint density at radius 3 is 2.39 bits per heavy atom. The van der Waals surface area contributed by atoms with E-state index in [0.29, 0.717) is 17.2 Å². The lowest BCUT2D eigenvalue weighted by molar-refractivity contribution is 0.0693. The van der Waals surface area contributed by atoms with Crippen LogP contribution in [0.4, 0.5) is 0 Å². The van der Waals surface area contributed by atoms with Crippen LogP contribution in [-0.4, -0.2) is 43.5 Å². The number of carbonyl (C=O) groups excluding carboxylic acids is 1. The number of ketones is 1. The number of halogens is 1. The molecule has 4 heteroatoms. The van der Waals surface area contributed by atoms with Gasteiger partial charge < -0.3 is 4.74 Å². The number of nitrogens with zero attached hydrogens (tertiary/aromatic N) is 1. The van der Waals surface area contributed by atoms with Gasteiger partial charge in [-0.05, 0) is 45.2 Å². The van der Waals surface area contributed by atoms with E-state index in [-0.39, 0.29) is 17.9 Å². The summed E-state index contributed by atoms with van der Waals surface area (Å²) in [5, 5.41) is 0.639. The summed E-state index contributed by atoms with van der Waals surface area (Å²) in [6.45, 7) is 4.55. The van der Waals surface area contributed by atoms with Crippen LogP contribution in [0.3, 0.4) is 0 Å². The first kappa shape index (κ1) is 15.2. The summed E-state index contributed by atoms with van der Waals surface area (Å²) in [5.41, 5.74) is 0.684. The number of benzene rings is 1. The minimum Gasteiger partial charge on any atom is -0.383 e. The van der Waals surface area contributed by atoms with Crippen LogP contribution in [0.2, 0.25) is 5.02 Å². The first-order valence-corrected chi connectivity index (χ1v) is 6.35. The van der Waals surface area contributed by atoms with Gasteiger partial charge in [-0.25, -0.2) is 0 Å². The Morgan fingerprint density at radius 1 is 1.33 bits per heavy atom. The molecule has 2 atom stereocenters. The molecule has 2 unspecified atom stereocenters. The van der Waals surface area contributed by atoms with E-state index < -0.39 is 0 Å². The number of hydrogen-bond donors (Lipinski definition) is 0. The van der Waals surface area contributed by atoms with Gasteiger partial charge in [0.05, 0.1) is 12.6 Å². The van der Waals surface area contributed by atoms with Crippen LogP contribution in [-0.2, 0) is 4.74 Å². The van der Waals surface area contributed by atoms with Crippen molar-refractivity contribution >= 4 is 17.4 Å². The average Bonchev–Trinajstić information content (AvgIpc) is 2.37. The highest BCUT2D eigenvalue weighted by Gasteiger charge is 2.23. The van der Waals surface area contributed by atoms with Crippen molar-refractivity contribution in [2.24, 2.45) is 0 Å². The SMILES string of the molecule is COCC(C)N(C)C(C)C(=O)c1ccc(Cl)cc1. The second-order valence-electron chi connectivity index (χ2n) is 4.52. The number of rotatable bonds is 6. The molecule has 0 radical (unpaired) electrons. The smallest absolute Gasteiger partial charge is 0.179 e. The third-order valence-corrected chi connectivity index (χ3v) is 3.47. The van der Waals surface area contributed by atoms with Crippen LogP contribution in [0.15, 0.2) is 24.3 Å². The number of Topliss-reactive ketones (excluding diaryl/α,β-unsaturated/α-hetero) is 1. The summed E-state index contributed by atoms with van der Waals surface area (Å²) in [5.74, 6) is 0.0946. The maximum atomic E-state index is 12.3. The molecule has 0 saturated carbocycles. The molecule has 0 aliphatic rings. The molecule has 0 N–H and O–H groups in total.